The first kappa shape index (κ1) is 61.9. The number of benzene rings is 6. The minimum Gasteiger partial charge on any atom is -0.484 e. The van der Waals surface area contributed by atoms with Crippen molar-refractivity contribution in [1.29, 1.82) is 0 Å². The molecule has 9 aromatic rings. The van der Waals surface area contributed by atoms with Gasteiger partial charge >= 0.3 is 11.9 Å². The number of rotatable bonds is 23. The standard InChI is InChI=1S/C33H28ClF3N2O6.C31H23ClF3N3O5/c1-42-33(41)20-12-27(35)26(30(13-20)39-17-25-7-9-43-25)16-23(40)10-19-2-4-32(28(36)11-19)45-24-6-8-38-22(15-24)18-44-31-5-3-21(34)14-29(31)37;32-19-2-4-27(24(34)13-19)42-16-20-14-21(5-7-36-20)43-28-3-1-17(9-23(28)33)10-29-37-30-25(35)11-18(31(39)40)12-26(30)38(29)15-22-6-8-41-22/h2-6,8,11-15,25,39H,7,9-10,16-18H2,1H3;1-5,7,9,11-14,22H,6,8,10,15-16H2,(H,39,40)/t25-;22-/m00/s1. The van der Waals surface area contributed by atoms with Crippen LogP contribution < -0.4 is 24.3 Å². The monoisotopic (exact) mass is 1250 g/mol. The zero-order valence-corrected chi connectivity index (χ0v) is 48.0. The summed E-state index contributed by atoms with van der Waals surface area (Å²) in [6.07, 6.45) is 4.09. The predicted octanol–water partition coefficient (Wildman–Crippen LogP) is 13.8. The molecule has 0 amide bonds. The van der Waals surface area contributed by atoms with Crippen molar-refractivity contribution in [3.05, 3.63) is 224 Å². The number of halogens is 8. The average Bonchev–Trinajstić information content (AvgIpc) is 2.02. The highest BCUT2D eigenvalue weighted by Crippen LogP contribution is 2.32. The second kappa shape index (κ2) is 28.1. The summed E-state index contributed by atoms with van der Waals surface area (Å²) in [4.78, 5) is 49.3. The minimum atomic E-state index is -1.25. The highest BCUT2D eigenvalue weighted by atomic mass is 35.5. The second-order valence-electron chi connectivity index (χ2n) is 20.2. The number of carboxylic acids is 1. The normalized spacial score (nSPS) is 14.2. The molecule has 2 fully saturated rings. The Morgan fingerprint density at radius 1 is 0.625 bits per heavy atom. The molecule has 11 rings (SSSR count). The summed E-state index contributed by atoms with van der Waals surface area (Å²) in [6.45, 7) is 1.86. The molecule has 2 aliphatic rings. The molecule has 0 saturated carbocycles. The van der Waals surface area contributed by atoms with Gasteiger partial charge < -0.3 is 48.1 Å². The number of pyridine rings is 2. The van der Waals surface area contributed by atoms with E-state index in [4.69, 9.17) is 56.4 Å². The predicted molar refractivity (Wildman–Crippen MR) is 310 cm³/mol. The van der Waals surface area contributed by atoms with E-state index in [-0.39, 0.29) is 117 Å². The van der Waals surface area contributed by atoms with Crippen LogP contribution in [0.3, 0.4) is 0 Å². The smallest absolute Gasteiger partial charge is 0.338 e. The zero-order chi connectivity index (χ0) is 62.0. The minimum absolute atomic E-state index is 0.000373. The van der Waals surface area contributed by atoms with Crippen molar-refractivity contribution in [2.24, 2.45) is 0 Å². The number of ether oxygens (including phenoxy) is 7. The lowest BCUT2D eigenvalue weighted by molar-refractivity contribution is -0.117. The Hall–Kier alpha value is -9.22. The Balaban J connectivity index is 0.000000195. The number of carboxylic acid groups (broad SMARTS) is 1. The van der Waals surface area contributed by atoms with Crippen LogP contribution in [0.25, 0.3) is 11.0 Å². The fourth-order valence-electron chi connectivity index (χ4n) is 9.29. The van der Waals surface area contributed by atoms with Crippen molar-refractivity contribution in [2.75, 3.05) is 32.2 Å². The van der Waals surface area contributed by atoms with Gasteiger partial charge in [0.25, 0.3) is 0 Å². The number of anilines is 1. The van der Waals surface area contributed by atoms with E-state index in [0.29, 0.717) is 65.9 Å². The summed E-state index contributed by atoms with van der Waals surface area (Å²) < 4.78 is 128. The topological polar surface area (TPSA) is 192 Å². The molecule has 2 atom stereocenters. The van der Waals surface area contributed by atoms with Gasteiger partial charge in [-0.25, -0.2) is 40.9 Å². The highest BCUT2D eigenvalue weighted by Gasteiger charge is 2.26. The third-order valence-electron chi connectivity index (χ3n) is 13.9. The number of nitrogens with one attached hydrogen (secondary N) is 1. The molecule has 0 spiro atoms. The number of methoxy groups -OCH3 is 1. The average molecular weight is 1250 g/mol. The zero-order valence-electron chi connectivity index (χ0n) is 46.5. The molecule has 16 nitrogen and oxygen atoms in total. The van der Waals surface area contributed by atoms with Gasteiger partial charge in [0.05, 0.1) is 53.9 Å². The third kappa shape index (κ3) is 15.7. The van der Waals surface area contributed by atoms with Gasteiger partial charge in [-0.05, 0) is 121 Å². The van der Waals surface area contributed by atoms with Gasteiger partial charge in [-0.2, -0.15) is 0 Å². The van der Waals surface area contributed by atoms with Crippen LogP contribution in [0.4, 0.5) is 32.0 Å². The van der Waals surface area contributed by atoms with Gasteiger partial charge in [-0.15, -0.1) is 0 Å². The molecule has 2 aliphatic heterocycles. The van der Waals surface area contributed by atoms with Gasteiger partial charge in [0.15, 0.2) is 52.1 Å². The Morgan fingerprint density at radius 2 is 1.17 bits per heavy atom. The van der Waals surface area contributed by atoms with E-state index in [0.717, 1.165) is 37.1 Å². The second-order valence-corrected chi connectivity index (χ2v) is 21.1. The van der Waals surface area contributed by atoms with Crippen LogP contribution in [0.2, 0.25) is 10.0 Å². The molecular weight excluding hydrogens is 1200 g/mol. The number of imidazole rings is 1. The summed E-state index contributed by atoms with van der Waals surface area (Å²) in [5, 5.41) is 13.0. The highest BCUT2D eigenvalue weighted by molar-refractivity contribution is 6.30. The fraction of sp³-hybridized carbons (Fsp3) is 0.219. The molecule has 3 aromatic heterocycles. The Bertz CT molecular complexity index is 4080. The fourth-order valence-corrected chi connectivity index (χ4v) is 9.60. The Morgan fingerprint density at radius 3 is 1.70 bits per heavy atom. The summed E-state index contributed by atoms with van der Waals surface area (Å²) in [7, 11) is 1.19. The summed E-state index contributed by atoms with van der Waals surface area (Å²) in [5.74, 6) is -5.52. The van der Waals surface area contributed by atoms with Crippen molar-refractivity contribution in [3.63, 3.8) is 0 Å². The molecule has 2 N–H and O–H groups in total. The van der Waals surface area contributed by atoms with E-state index in [1.54, 1.807) is 22.8 Å². The molecule has 0 unspecified atom stereocenters. The summed E-state index contributed by atoms with van der Waals surface area (Å²) in [6, 6.07) is 27.5. The Kier molecular flexibility index (Phi) is 19.7. The van der Waals surface area contributed by atoms with Crippen molar-refractivity contribution in [3.8, 4) is 34.5 Å². The molecule has 0 aliphatic carbocycles. The molecule has 2 saturated heterocycles. The number of ketones is 1. The van der Waals surface area contributed by atoms with E-state index in [1.807, 2.05) is 0 Å². The van der Waals surface area contributed by atoms with E-state index in [9.17, 15) is 32.7 Å². The van der Waals surface area contributed by atoms with E-state index < -0.39 is 46.8 Å². The number of Topliss-reactive ketones (excluding diaryl/α,β-unsaturated/α-hetero) is 1. The van der Waals surface area contributed by atoms with E-state index in [2.05, 4.69) is 20.3 Å². The number of aromatic nitrogens is 4. The van der Waals surface area contributed by atoms with Gasteiger partial charge in [0, 0.05) is 84.8 Å². The summed E-state index contributed by atoms with van der Waals surface area (Å²) in [5.41, 5.74) is 2.30. The van der Waals surface area contributed by atoms with Crippen LogP contribution in [0.1, 0.15) is 67.5 Å². The number of esters is 1. The van der Waals surface area contributed by atoms with Crippen molar-refractivity contribution in [1.82, 2.24) is 19.5 Å². The lowest BCUT2D eigenvalue weighted by Gasteiger charge is -2.27. The van der Waals surface area contributed by atoms with Gasteiger partial charge in [0.2, 0.25) is 0 Å². The van der Waals surface area contributed by atoms with Gasteiger partial charge in [-0.1, -0.05) is 35.3 Å². The number of hydrogen-bond acceptors (Lipinski definition) is 14. The number of fused-ring (bicyclic) bond motifs is 1. The SMILES string of the molecule is COC(=O)c1cc(F)c(CC(=O)Cc2ccc(Oc3ccnc(COc4ccc(Cl)cc4F)c3)c(F)c2)c(NC[C@@H]2CCO2)c1.O=C(O)c1cc(F)c2nc(Cc3ccc(Oc4ccnc(COc5ccc(Cl)cc5F)c4)c(F)c3)n(C[C@@H]3CCO3)c2c1. The van der Waals surface area contributed by atoms with Crippen molar-refractivity contribution >= 4 is 57.6 Å². The number of carbonyl (C=O) groups excluding carboxylic acids is 2. The van der Waals surface area contributed by atoms with Crippen LogP contribution in [0.5, 0.6) is 34.5 Å². The molecular formula is C64H51Cl2F6N5O11. The lowest BCUT2D eigenvalue weighted by atomic mass is 9.99. The maximum atomic E-state index is 15.2. The van der Waals surface area contributed by atoms with Crippen LogP contribution in [0, 0.1) is 34.9 Å². The van der Waals surface area contributed by atoms with Crippen LogP contribution >= 0.6 is 23.2 Å². The third-order valence-corrected chi connectivity index (χ3v) is 14.4. The molecule has 24 heteroatoms. The number of carbonyl (C=O) groups is 3. The van der Waals surface area contributed by atoms with Gasteiger partial charge in [0.1, 0.15) is 47.7 Å². The number of aromatic carboxylic acids is 1. The van der Waals surface area contributed by atoms with Crippen LogP contribution in [0.15, 0.2) is 134 Å². The maximum absolute atomic E-state index is 15.2. The molecule has 88 heavy (non-hydrogen) atoms. The van der Waals surface area contributed by atoms with Crippen molar-refractivity contribution in [2.45, 2.75) is 64.1 Å². The summed E-state index contributed by atoms with van der Waals surface area (Å²) >= 11 is 11.5. The van der Waals surface area contributed by atoms with Gasteiger partial charge in [-0.3, -0.25) is 14.8 Å². The maximum Gasteiger partial charge on any atom is 0.338 e. The first-order chi connectivity index (χ1) is 42.4. The molecule has 454 valence electrons. The lowest BCUT2D eigenvalue weighted by Crippen LogP contribution is -2.33. The first-order valence-corrected chi connectivity index (χ1v) is 28.0. The molecule has 0 radical (unpaired) electrons. The number of hydrogen-bond donors (Lipinski definition) is 2. The van der Waals surface area contributed by atoms with Crippen LogP contribution in [-0.2, 0) is 58.0 Å². The molecule has 5 heterocycles. The first-order valence-electron chi connectivity index (χ1n) is 27.2. The van der Waals surface area contributed by atoms with Crippen LogP contribution in [-0.4, -0.2) is 81.4 Å². The Labute approximate surface area is 508 Å². The van der Waals surface area contributed by atoms with Crippen molar-refractivity contribution < 1.29 is 79.0 Å². The largest absolute Gasteiger partial charge is 0.484 e. The number of nitrogens with zero attached hydrogens (tertiary/aromatic N) is 4. The van der Waals surface area contributed by atoms with E-state index >= 15 is 13.2 Å². The molecule has 0 bridgehead atoms. The van der Waals surface area contributed by atoms with E-state index in [1.165, 1.54) is 98.4 Å². The molecule has 6 aromatic carbocycles. The quantitative estimate of drug-likeness (QED) is 0.0454.